The van der Waals surface area contributed by atoms with Crippen molar-refractivity contribution < 1.29 is 24.2 Å². The summed E-state index contributed by atoms with van der Waals surface area (Å²) >= 11 is 1.44. The van der Waals surface area contributed by atoms with Crippen molar-refractivity contribution in [2.45, 2.75) is 11.4 Å². The molecular weight excluding hydrogens is 354 g/mol. The summed E-state index contributed by atoms with van der Waals surface area (Å²) in [7, 11) is 3.07. The molecule has 0 spiro atoms. The number of thioether (sulfide) groups is 1. The molecule has 2 aromatic rings. The maximum atomic E-state index is 13.0. The fourth-order valence-electron chi connectivity index (χ4n) is 2.53. The Kier molecular flexibility index (Phi) is 6.91. The Hall–Kier alpha value is -2.67. The third-order valence-corrected chi connectivity index (χ3v) is 4.53. The molecule has 1 N–H and O–H groups in total. The van der Waals surface area contributed by atoms with Crippen LogP contribution in [-0.2, 0) is 11.3 Å². The topological polar surface area (TPSA) is 76.1 Å². The van der Waals surface area contributed by atoms with Crippen molar-refractivity contribution >= 4 is 23.6 Å². The van der Waals surface area contributed by atoms with E-state index >= 15 is 0 Å². The minimum Gasteiger partial charge on any atom is -0.497 e. The molecule has 0 saturated heterocycles. The van der Waals surface area contributed by atoms with Crippen molar-refractivity contribution in [2.75, 3.05) is 27.0 Å². The first-order valence-electron chi connectivity index (χ1n) is 7.84. The maximum Gasteiger partial charge on any atom is 0.323 e. The molecule has 0 atom stereocenters. The van der Waals surface area contributed by atoms with Crippen molar-refractivity contribution in [3.05, 3.63) is 53.6 Å². The van der Waals surface area contributed by atoms with Crippen molar-refractivity contribution in [1.82, 2.24) is 4.90 Å². The van der Waals surface area contributed by atoms with Gasteiger partial charge in [0.1, 0.15) is 18.0 Å². The van der Waals surface area contributed by atoms with Crippen molar-refractivity contribution in [2.24, 2.45) is 0 Å². The minimum absolute atomic E-state index is 0.126. The Morgan fingerprint density at radius 3 is 2.23 bits per heavy atom. The van der Waals surface area contributed by atoms with Crippen LogP contribution < -0.4 is 9.47 Å². The van der Waals surface area contributed by atoms with Gasteiger partial charge in [-0.3, -0.25) is 9.59 Å². The van der Waals surface area contributed by atoms with E-state index in [0.29, 0.717) is 17.1 Å². The van der Waals surface area contributed by atoms with Crippen molar-refractivity contribution in [3.8, 4) is 11.5 Å². The number of rotatable bonds is 8. The van der Waals surface area contributed by atoms with Gasteiger partial charge in [-0.1, -0.05) is 12.1 Å². The molecule has 0 radical (unpaired) electrons. The Bertz CT molecular complexity index is 771. The van der Waals surface area contributed by atoms with Gasteiger partial charge in [0.15, 0.2) is 0 Å². The van der Waals surface area contributed by atoms with Crippen LogP contribution in [0.25, 0.3) is 0 Å². The molecule has 0 fully saturated rings. The predicted octanol–water partition coefficient (Wildman–Crippen LogP) is 3.15. The third kappa shape index (κ3) is 4.92. The first-order chi connectivity index (χ1) is 12.5. The van der Waals surface area contributed by atoms with E-state index in [0.717, 1.165) is 10.5 Å². The van der Waals surface area contributed by atoms with Crippen LogP contribution in [0.4, 0.5) is 0 Å². The van der Waals surface area contributed by atoms with E-state index in [1.165, 1.54) is 30.9 Å². The van der Waals surface area contributed by atoms with E-state index in [4.69, 9.17) is 9.47 Å². The molecule has 1 amide bonds. The normalized spacial score (nSPS) is 10.3. The van der Waals surface area contributed by atoms with Gasteiger partial charge in [-0.15, -0.1) is 11.8 Å². The fourth-order valence-corrected chi connectivity index (χ4v) is 3.12. The average molecular weight is 375 g/mol. The van der Waals surface area contributed by atoms with Crippen LogP contribution in [0.15, 0.2) is 47.4 Å². The molecule has 0 saturated carbocycles. The molecule has 0 aliphatic carbocycles. The van der Waals surface area contributed by atoms with E-state index in [9.17, 15) is 14.7 Å². The summed E-state index contributed by atoms with van der Waals surface area (Å²) < 4.78 is 10.5. The van der Waals surface area contributed by atoms with Crippen LogP contribution in [0.3, 0.4) is 0 Å². The van der Waals surface area contributed by atoms with E-state index in [2.05, 4.69) is 0 Å². The molecule has 6 nitrogen and oxygen atoms in total. The van der Waals surface area contributed by atoms with Crippen LogP contribution in [0.2, 0.25) is 0 Å². The van der Waals surface area contributed by atoms with E-state index in [-0.39, 0.29) is 12.5 Å². The smallest absolute Gasteiger partial charge is 0.323 e. The van der Waals surface area contributed by atoms with Gasteiger partial charge in [0.25, 0.3) is 5.91 Å². The number of methoxy groups -OCH3 is 2. The average Bonchev–Trinajstić information content (AvgIpc) is 2.66. The summed E-state index contributed by atoms with van der Waals surface area (Å²) in [5, 5.41) is 9.24. The first kappa shape index (κ1) is 19.7. The second-order valence-electron chi connectivity index (χ2n) is 5.48. The molecular formula is C19H21NO5S. The van der Waals surface area contributed by atoms with Gasteiger partial charge in [0.2, 0.25) is 0 Å². The molecule has 0 aliphatic heterocycles. The van der Waals surface area contributed by atoms with Crippen molar-refractivity contribution in [1.29, 1.82) is 0 Å². The zero-order valence-corrected chi connectivity index (χ0v) is 15.7. The molecule has 138 valence electrons. The SMILES string of the molecule is COc1cc(CN(CC(=O)O)C(=O)c2ccccc2SC)cc(OC)c1. The summed E-state index contributed by atoms with van der Waals surface area (Å²) in [6, 6.07) is 12.4. The largest absolute Gasteiger partial charge is 0.497 e. The van der Waals surface area contributed by atoms with Gasteiger partial charge >= 0.3 is 5.97 Å². The van der Waals surface area contributed by atoms with Gasteiger partial charge < -0.3 is 19.5 Å². The predicted molar refractivity (Wildman–Crippen MR) is 100 cm³/mol. The highest BCUT2D eigenvalue weighted by Crippen LogP contribution is 2.25. The van der Waals surface area contributed by atoms with Gasteiger partial charge in [0, 0.05) is 17.5 Å². The monoisotopic (exact) mass is 375 g/mol. The van der Waals surface area contributed by atoms with Gasteiger partial charge in [0.05, 0.1) is 19.8 Å². The van der Waals surface area contributed by atoms with E-state index in [1.807, 2.05) is 18.4 Å². The summed E-state index contributed by atoms with van der Waals surface area (Å²) in [6.07, 6.45) is 1.88. The third-order valence-electron chi connectivity index (χ3n) is 3.74. The number of carboxylic acids is 1. The van der Waals surface area contributed by atoms with Gasteiger partial charge in [-0.2, -0.15) is 0 Å². The standard InChI is InChI=1S/C19H21NO5S/c1-24-14-8-13(9-15(10-14)25-2)11-20(12-18(21)22)19(23)16-6-4-5-7-17(16)26-3/h4-10H,11-12H2,1-3H3,(H,21,22). The highest BCUT2D eigenvalue weighted by molar-refractivity contribution is 7.98. The highest BCUT2D eigenvalue weighted by Gasteiger charge is 2.21. The fraction of sp³-hybridized carbons (Fsp3) is 0.263. The molecule has 0 bridgehead atoms. The van der Waals surface area contributed by atoms with Gasteiger partial charge in [-0.25, -0.2) is 0 Å². The summed E-state index contributed by atoms with van der Waals surface area (Å²) in [6.45, 7) is -0.275. The lowest BCUT2D eigenvalue weighted by atomic mass is 10.1. The van der Waals surface area contributed by atoms with Gasteiger partial charge in [-0.05, 0) is 36.1 Å². The van der Waals surface area contributed by atoms with Crippen LogP contribution in [-0.4, -0.2) is 48.9 Å². The Morgan fingerprint density at radius 2 is 1.69 bits per heavy atom. The maximum absolute atomic E-state index is 13.0. The van der Waals surface area contributed by atoms with E-state index < -0.39 is 12.5 Å². The van der Waals surface area contributed by atoms with Crippen LogP contribution in [0, 0.1) is 0 Å². The second kappa shape index (κ2) is 9.15. The number of carboxylic acid groups (broad SMARTS) is 1. The number of ether oxygens (including phenoxy) is 2. The number of amides is 1. The number of carbonyl (C=O) groups is 2. The number of nitrogens with zero attached hydrogens (tertiary/aromatic N) is 1. The highest BCUT2D eigenvalue weighted by atomic mass is 32.2. The molecule has 0 unspecified atom stereocenters. The second-order valence-corrected chi connectivity index (χ2v) is 6.32. The molecule has 0 heterocycles. The summed E-state index contributed by atoms with van der Waals surface area (Å²) in [5.74, 6) is -0.257. The summed E-state index contributed by atoms with van der Waals surface area (Å²) in [4.78, 5) is 26.3. The zero-order chi connectivity index (χ0) is 19.1. The lowest BCUT2D eigenvalue weighted by Crippen LogP contribution is -2.35. The zero-order valence-electron chi connectivity index (χ0n) is 14.9. The number of benzene rings is 2. The first-order valence-corrected chi connectivity index (χ1v) is 9.07. The number of carbonyl (C=O) groups excluding carboxylic acids is 1. The minimum atomic E-state index is -1.07. The van der Waals surface area contributed by atoms with Crippen LogP contribution in [0.1, 0.15) is 15.9 Å². The molecule has 0 aromatic heterocycles. The Labute approximate surface area is 156 Å². The molecule has 2 aromatic carbocycles. The number of hydrogen-bond acceptors (Lipinski definition) is 5. The Balaban J connectivity index is 2.36. The lowest BCUT2D eigenvalue weighted by molar-refractivity contribution is -0.137. The molecule has 0 aliphatic rings. The summed E-state index contributed by atoms with van der Waals surface area (Å²) in [5.41, 5.74) is 1.20. The molecule has 2 rings (SSSR count). The lowest BCUT2D eigenvalue weighted by Gasteiger charge is -2.22. The van der Waals surface area contributed by atoms with Crippen LogP contribution in [0.5, 0.6) is 11.5 Å². The van der Waals surface area contributed by atoms with E-state index in [1.54, 1.807) is 30.3 Å². The molecule has 7 heteroatoms. The Morgan fingerprint density at radius 1 is 1.08 bits per heavy atom. The molecule has 26 heavy (non-hydrogen) atoms. The number of aliphatic carboxylic acids is 1. The number of hydrogen-bond donors (Lipinski definition) is 1. The van der Waals surface area contributed by atoms with Crippen LogP contribution >= 0.6 is 11.8 Å². The quantitative estimate of drug-likeness (QED) is 0.715. The van der Waals surface area contributed by atoms with Crippen molar-refractivity contribution in [3.63, 3.8) is 0 Å².